The molecule has 0 radical (unpaired) electrons. The van der Waals surface area contributed by atoms with Gasteiger partial charge in [0.2, 0.25) is 0 Å². The third kappa shape index (κ3) is 1.68. The van der Waals surface area contributed by atoms with E-state index in [-0.39, 0.29) is 12.4 Å². The SMILES string of the molecule is C[C@@]1(N)[C@H](O)C(CO)O[C@H]1n1cnc2c(N)ncnc21. The molecule has 0 aromatic carbocycles. The fraction of sp³-hybridized carbons (Fsp3) is 0.545. The summed E-state index contributed by atoms with van der Waals surface area (Å²) in [7, 11) is 0. The smallest absolute Gasteiger partial charge is 0.167 e. The van der Waals surface area contributed by atoms with Crippen molar-refractivity contribution >= 4 is 17.0 Å². The van der Waals surface area contributed by atoms with E-state index < -0.39 is 24.0 Å². The van der Waals surface area contributed by atoms with Crippen molar-refractivity contribution in [1.29, 1.82) is 0 Å². The Morgan fingerprint density at radius 1 is 1.45 bits per heavy atom. The van der Waals surface area contributed by atoms with Crippen molar-refractivity contribution in [3.8, 4) is 0 Å². The second-order valence-electron chi connectivity index (χ2n) is 5.10. The summed E-state index contributed by atoms with van der Waals surface area (Å²) in [5.41, 5.74) is 11.7. The van der Waals surface area contributed by atoms with Gasteiger partial charge in [-0.1, -0.05) is 0 Å². The van der Waals surface area contributed by atoms with Gasteiger partial charge in [-0.2, -0.15) is 0 Å². The maximum atomic E-state index is 10.1. The molecule has 1 unspecified atom stereocenters. The molecule has 2 aromatic heterocycles. The van der Waals surface area contributed by atoms with Crippen LogP contribution in [-0.2, 0) is 4.74 Å². The number of nitrogens with two attached hydrogens (primary N) is 2. The summed E-state index contributed by atoms with van der Waals surface area (Å²) in [5, 5.41) is 19.3. The normalized spacial score (nSPS) is 33.9. The molecule has 9 heteroatoms. The van der Waals surface area contributed by atoms with E-state index in [1.807, 2.05) is 0 Å². The van der Waals surface area contributed by atoms with Gasteiger partial charge < -0.3 is 26.4 Å². The molecule has 4 atom stereocenters. The summed E-state index contributed by atoms with van der Waals surface area (Å²) in [5.74, 6) is 0.254. The minimum atomic E-state index is -1.10. The first-order chi connectivity index (χ1) is 9.46. The Labute approximate surface area is 114 Å². The number of nitrogens with zero attached hydrogens (tertiary/aromatic N) is 4. The molecule has 1 aliphatic rings. The topological polar surface area (TPSA) is 145 Å². The number of rotatable bonds is 2. The Morgan fingerprint density at radius 2 is 2.20 bits per heavy atom. The fourth-order valence-corrected chi connectivity index (χ4v) is 2.48. The summed E-state index contributed by atoms with van der Waals surface area (Å²) in [6, 6.07) is 0. The lowest BCUT2D eigenvalue weighted by Gasteiger charge is -2.28. The minimum Gasteiger partial charge on any atom is -0.394 e. The molecule has 108 valence electrons. The zero-order valence-electron chi connectivity index (χ0n) is 10.8. The Kier molecular flexibility index (Phi) is 2.87. The lowest BCUT2D eigenvalue weighted by atomic mass is 9.93. The zero-order valence-corrected chi connectivity index (χ0v) is 10.8. The molecular formula is C11H16N6O3. The van der Waals surface area contributed by atoms with E-state index in [0.29, 0.717) is 11.2 Å². The summed E-state index contributed by atoms with van der Waals surface area (Å²) in [6.45, 7) is 1.32. The van der Waals surface area contributed by atoms with Crippen LogP contribution in [-0.4, -0.2) is 54.1 Å². The van der Waals surface area contributed by atoms with Crippen LogP contribution in [0.4, 0.5) is 5.82 Å². The number of aliphatic hydroxyl groups excluding tert-OH is 2. The Morgan fingerprint density at radius 3 is 2.85 bits per heavy atom. The number of ether oxygens (including phenoxy) is 1. The van der Waals surface area contributed by atoms with Gasteiger partial charge in [-0.25, -0.2) is 15.0 Å². The van der Waals surface area contributed by atoms with Gasteiger partial charge in [-0.15, -0.1) is 0 Å². The maximum Gasteiger partial charge on any atom is 0.167 e. The van der Waals surface area contributed by atoms with Gasteiger partial charge in [-0.05, 0) is 6.92 Å². The molecule has 3 heterocycles. The van der Waals surface area contributed by atoms with E-state index in [4.69, 9.17) is 16.2 Å². The van der Waals surface area contributed by atoms with Crippen LogP contribution in [0.15, 0.2) is 12.7 Å². The van der Waals surface area contributed by atoms with Crippen molar-refractivity contribution in [3.63, 3.8) is 0 Å². The quantitative estimate of drug-likeness (QED) is 0.513. The van der Waals surface area contributed by atoms with E-state index in [9.17, 15) is 10.2 Å². The molecular weight excluding hydrogens is 264 g/mol. The average Bonchev–Trinajstić information content (AvgIpc) is 2.92. The Bertz CT molecular complexity index is 642. The molecule has 3 rings (SSSR count). The van der Waals surface area contributed by atoms with Crippen LogP contribution in [0.1, 0.15) is 13.2 Å². The van der Waals surface area contributed by atoms with Crippen molar-refractivity contribution in [2.24, 2.45) is 5.73 Å². The third-order valence-electron chi connectivity index (χ3n) is 3.64. The van der Waals surface area contributed by atoms with Crippen LogP contribution < -0.4 is 11.5 Å². The van der Waals surface area contributed by atoms with Gasteiger partial charge in [-0.3, -0.25) is 4.57 Å². The summed E-state index contributed by atoms with van der Waals surface area (Å²) < 4.78 is 7.22. The lowest BCUT2D eigenvalue weighted by molar-refractivity contribution is -0.0455. The van der Waals surface area contributed by atoms with Gasteiger partial charge in [0.05, 0.1) is 18.5 Å². The van der Waals surface area contributed by atoms with Gasteiger partial charge in [0, 0.05) is 0 Å². The molecule has 0 spiro atoms. The number of nitrogen functional groups attached to an aromatic ring is 1. The third-order valence-corrected chi connectivity index (χ3v) is 3.64. The molecule has 6 N–H and O–H groups in total. The van der Waals surface area contributed by atoms with Crippen LogP contribution in [0.25, 0.3) is 11.2 Å². The molecule has 0 bridgehead atoms. The maximum absolute atomic E-state index is 10.1. The number of hydrogen-bond acceptors (Lipinski definition) is 8. The molecule has 0 aliphatic carbocycles. The molecule has 9 nitrogen and oxygen atoms in total. The number of hydrogen-bond donors (Lipinski definition) is 4. The van der Waals surface area contributed by atoms with Gasteiger partial charge in [0.15, 0.2) is 17.7 Å². The second kappa shape index (κ2) is 4.35. The molecule has 1 saturated heterocycles. The second-order valence-corrected chi connectivity index (χ2v) is 5.10. The van der Waals surface area contributed by atoms with E-state index in [2.05, 4.69) is 15.0 Å². The van der Waals surface area contributed by atoms with E-state index >= 15 is 0 Å². The molecule has 20 heavy (non-hydrogen) atoms. The average molecular weight is 280 g/mol. The fourth-order valence-electron chi connectivity index (χ4n) is 2.48. The zero-order chi connectivity index (χ0) is 14.5. The highest BCUT2D eigenvalue weighted by molar-refractivity contribution is 5.81. The van der Waals surface area contributed by atoms with Crippen molar-refractivity contribution in [3.05, 3.63) is 12.7 Å². The number of aliphatic hydroxyl groups is 2. The van der Waals surface area contributed by atoms with Crippen molar-refractivity contribution < 1.29 is 14.9 Å². The number of imidazole rings is 1. The lowest BCUT2D eigenvalue weighted by Crippen LogP contribution is -2.52. The van der Waals surface area contributed by atoms with Crippen LogP contribution in [0.5, 0.6) is 0 Å². The highest BCUT2D eigenvalue weighted by Crippen LogP contribution is 2.37. The largest absolute Gasteiger partial charge is 0.394 e. The minimum absolute atomic E-state index is 0.254. The number of aromatic nitrogens is 4. The Hall–Kier alpha value is -1.81. The number of fused-ring (bicyclic) bond motifs is 1. The van der Waals surface area contributed by atoms with Crippen molar-refractivity contribution in [1.82, 2.24) is 19.5 Å². The molecule has 0 amide bonds. The van der Waals surface area contributed by atoms with Crippen LogP contribution in [0, 0.1) is 0 Å². The number of anilines is 1. The van der Waals surface area contributed by atoms with Crippen molar-refractivity contribution in [2.75, 3.05) is 12.3 Å². The van der Waals surface area contributed by atoms with Gasteiger partial charge in [0.25, 0.3) is 0 Å². The molecule has 1 fully saturated rings. The van der Waals surface area contributed by atoms with Gasteiger partial charge in [0.1, 0.15) is 24.1 Å². The van der Waals surface area contributed by atoms with Crippen LogP contribution >= 0.6 is 0 Å². The molecule has 2 aromatic rings. The van der Waals surface area contributed by atoms with Gasteiger partial charge >= 0.3 is 0 Å². The van der Waals surface area contributed by atoms with E-state index in [0.717, 1.165) is 0 Å². The predicted octanol–water partition coefficient (Wildman–Crippen LogP) is -1.62. The molecule has 0 saturated carbocycles. The Balaban J connectivity index is 2.10. The van der Waals surface area contributed by atoms with Crippen LogP contribution in [0.2, 0.25) is 0 Å². The van der Waals surface area contributed by atoms with Crippen LogP contribution in [0.3, 0.4) is 0 Å². The monoisotopic (exact) mass is 280 g/mol. The standard InChI is InChI=1S/C11H16N6O3/c1-11(13)7(19)5(2-18)20-10(11)17-4-16-6-8(12)14-3-15-9(6)17/h3-5,7,10,18-19H,2,13H2,1H3,(H2,12,14,15)/t5?,7-,10-,11-/m1/s1. The predicted molar refractivity (Wildman–Crippen MR) is 69.3 cm³/mol. The van der Waals surface area contributed by atoms with E-state index in [1.54, 1.807) is 11.5 Å². The first-order valence-corrected chi connectivity index (χ1v) is 6.13. The first kappa shape index (κ1) is 13.2. The highest BCUT2D eigenvalue weighted by Gasteiger charge is 2.51. The summed E-state index contributed by atoms with van der Waals surface area (Å²) in [4.78, 5) is 12.1. The summed E-state index contributed by atoms with van der Waals surface area (Å²) >= 11 is 0. The molecule has 1 aliphatic heterocycles. The van der Waals surface area contributed by atoms with Crippen molar-refractivity contribution in [2.45, 2.75) is 30.9 Å². The summed E-state index contributed by atoms with van der Waals surface area (Å²) in [6.07, 6.45) is 0.325. The highest BCUT2D eigenvalue weighted by atomic mass is 16.5. The first-order valence-electron chi connectivity index (χ1n) is 6.13. The van der Waals surface area contributed by atoms with E-state index in [1.165, 1.54) is 12.7 Å².